The van der Waals surface area contributed by atoms with Crippen LogP contribution in [0.5, 0.6) is 17.2 Å². The average Bonchev–Trinajstić information content (AvgIpc) is 2.10. The van der Waals surface area contributed by atoms with Gasteiger partial charge in [0.05, 0.1) is 35.7 Å². The number of carbonyl (C=O) groups is 7. The molecule has 3 heterocycles. The maximum Gasteiger partial charge on any atom is 0.310 e. The minimum atomic E-state index is -1.54. The van der Waals surface area contributed by atoms with E-state index in [9.17, 15) is 39.5 Å². The van der Waals surface area contributed by atoms with Gasteiger partial charge in [0.15, 0.2) is 5.75 Å². The number of aliphatic hydroxyl groups excluding tert-OH is 1. The highest BCUT2D eigenvalue weighted by Crippen LogP contribution is 2.37. The molecule has 2 aliphatic rings. The van der Waals surface area contributed by atoms with Crippen molar-refractivity contribution in [3.63, 3.8) is 0 Å². The molecule has 3 aromatic carbocycles. The largest absolute Gasteiger partial charge is 0.502 e. The van der Waals surface area contributed by atoms with Crippen LogP contribution in [0.4, 0.5) is 5.69 Å². The molecule has 0 spiro atoms. The van der Waals surface area contributed by atoms with Gasteiger partial charge in [-0.05, 0) is 114 Å². The summed E-state index contributed by atoms with van der Waals surface area (Å²) in [6.07, 6.45) is 5.52. The number of benzene rings is 3. The third kappa shape index (κ3) is 15.9. The molecule has 6 rings (SSSR count). The number of ether oxygens (including phenoxy) is 2. The number of phenolic OH excluding ortho intramolecular Hbond substituents is 1. The second-order valence-corrected chi connectivity index (χ2v) is 24.4. The van der Waals surface area contributed by atoms with E-state index in [1.165, 1.54) is 53.5 Å². The lowest BCUT2D eigenvalue weighted by Crippen LogP contribution is -2.60. The highest BCUT2D eigenvalue weighted by Gasteiger charge is 2.43. The van der Waals surface area contributed by atoms with Gasteiger partial charge in [-0.25, -0.2) is 0 Å². The Morgan fingerprint density at radius 3 is 2.07 bits per heavy atom. The first-order valence-electron chi connectivity index (χ1n) is 28.6. The molecule has 7 amide bonds. The number of allylic oxidation sites excluding steroid dienone is 1. The van der Waals surface area contributed by atoms with Crippen LogP contribution in [0.1, 0.15) is 99.1 Å². The lowest BCUT2D eigenvalue weighted by Gasteiger charge is -2.39. The standard InChI is InChI=1S/C62H83N9O13S/c1-14-15-19-43-55(74)66-45(30-40-33-70(46-20-17-16-18-42(40)46)62(8,9)54(73)34-85-53-31-41(83-12)22-24-52(53)84-13)60(79)67(10)48(25-35(2)3)57(76)65-44(28-39-21-23-51(72)47(29-39)71(81)82)56(75)63-38(7)59(78)68(11)50-27-37(6)32-69(61(50)80)49(26-36(4)5)58(77)64-43/h14-18,20-24,29,31-33,35-36,38,43-45,48-50,54,72-73H,19,25-28,30,34H2,1-13H3,(H,63,75)(H,64,77)(H,65,76)(H,66,74)/b15-14+/t38-,43-,44-,45-,48-,49-,50-,54?/m0/s1. The number of nitrogens with one attached hydrogen (secondary N) is 4. The van der Waals surface area contributed by atoms with Crippen LogP contribution >= 0.6 is 11.8 Å². The van der Waals surface area contributed by atoms with E-state index < -0.39 is 112 Å². The minimum absolute atomic E-state index is 0.0319. The van der Waals surface area contributed by atoms with Crippen molar-refractivity contribution in [3.8, 4) is 17.2 Å². The van der Waals surface area contributed by atoms with E-state index in [0.717, 1.165) is 17.0 Å². The van der Waals surface area contributed by atoms with Crippen molar-refractivity contribution in [3.05, 3.63) is 112 Å². The molecule has 4 aromatic rings. The van der Waals surface area contributed by atoms with Gasteiger partial charge in [0, 0.05) is 62.1 Å². The molecule has 2 aliphatic heterocycles. The van der Waals surface area contributed by atoms with Crippen LogP contribution < -0.4 is 30.7 Å². The number of para-hydroxylation sites is 1. The highest BCUT2D eigenvalue weighted by atomic mass is 32.2. The number of nitro benzene ring substituents is 1. The summed E-state index contributed by atoms with van der Waals surface area (Å²) in [7, 11) is 5.94. The van der Waals surface area contributed by atoms with Crippen LogP contribution in [0.3, 0.4) is 0 Å². The van der Waals surface area contributed by atoms with E-state index in [1.807, 2.05) is 82.6 Å². The first kappa shape index (κ1) is 66.2. The van der Waals surface area contributed by atoms with Crippen LogP contribution in [0.2, 0.25) is 0 Å². The molecule has 0 saturated carbocycles. The number of likely N-dealkylation sites (N-methyl/N-ethyl adjacent to an activating group) is 2. The van der Waals surface area contributed by atoms with E-state index in [1.54, 1.807) is 58.6 Å². The molecular weight excluding hydrogens is 1110 g/mol. The molecule has 85 heavy (non-hydrogen) atoms. The molecule has 1 saturated heterocycles. The zero-order chi connectivity index (χ0) is 62.8. The number of phenols is 1. The van der Waals surface area contributed by atoms with Gasteiger partial charge in [0.1, 0.15) is 53.8 Å². The lowest BCUT2D eigenvalue weighted by molar-refractivity contribution is -0.385. The first-order chi connectivity index (χ1) is 40.1. The quantitative estimate of drug-likeness (QED) is 0.0283. The second kappa shape index (κ2) is 28.8. The number of nitrogens with zero attached hydrogens (tertiary/aromatic N) is 5. The number of aliphatic hydroxyl groups is 1. The van der Waals surface area contributed by atoms with Gasteiger partial charge in [-0.1, -0.05) is 69.7 Å². The molecule has 23 heteroatoms. The van der Waals surface area contributed by atoms with Gasteiger partial charge in [-0.3, -0.25) is 43.7 Å². The molecule has 0 aliphatic carbocycles. The van der Waals surface area contributed by atoms with Gasteiger partial charge < -0.3 is 60.2 Å². The Morgan fingerprint density at radius 2 is 1.42 bits per heavy atom. The summed E-state index contributed by atoms with van der Waals surface area (Å²) in [5, 5.41) is 46.4. The van der Waals surface area contributed by atoms with Gasteiger partial charge in [0.25, 0.3) is 0 Å². The molecule has 8 atom stereocenters. The van der Waals surface area contributed by atoms with Crippen molar-refractivity contribution in [2.24, 2.45) is 11.8 Å². The molecule has 1 aromatic heterocycles. The zero-order valence-electron chi connectivity index (χ0n) is 50.8. The van der Waals surface area contributed by atoms with Crippen LogP contribution in [0.25, 0.3) is 10.9 Å². The second-order valence-electron chi connectivity index (χ2n) is 23.4. The lowest BCUT2D eigenvalue weighted by atomic mass is 9.95. The Kier molecular flexibility index (Phi) is 22.4. The summed E-state index contributed by atoms with van der Waals surface area (Å²) in [6, 6.07) is 7.10. The molecule has 6 N–H and O–H groups in total. The minimum Gasteiger partial charge on any atom is -0.502 e. The fourth-order valence-electron chi connectivity index (χ4n) is 10.7. The van der Waals surface area contributed by atoms with Crippen molar-refractivity contribution in [1.82, 2.24) is 40.5 Å². The summed E-state index contributed by atoms with van der Waals surface area (Å²) in [5.41, 5.74) is 0.450. The van der Waals surface area contributed by atoms with E-state index in [0.29, 0.717) is 33.5 Å². The van der Waals surface area contributed by atoms with Crippen molar-refractivity contribution in [2.45, 2.75) is 160 Å². The summed E-state index contributed by atoms with van der Waals surface area (Å²) < 4.78 is 13.0. The number of thioether (sulfide) groups is 1. The third-order valence-corrected chi connectivity index (χ3v) is 16.8. The van der Waals surface area contributed by atoms with Crippen LogP contribution in [0, 0.1) is 22.0 Å². The predicted octanol–water partition coefficient (Wildman–Crippen LogP) is 6.14. The number of carbonyl (C=O) groups excluding carboxylic acids is 7. The van der Waals surface area contributed by atoms with Crippen molar-refractivity contribution in [1.29, 1.82) is 0 Å². The number of hydrogen-bond acceptors (Lipinski definition) is 14. The monoisotopic (exact) mass is 1190 g/mol. The normalized spacial score (nSPS) is 22.3. The van der Waals surface area contributed by atoms with E-state index >= 15 is 14.4 Å². The number of nitro groups is 1. The Hall–Kier alpha value is -7.92. The summed E-state index contributed by atoms with van der Waals surface area (Å²) >= 11 is 1.39. The van der Waals surface area contributed by atoms with Crippen LogP contribution in [-0.2, 0) is 51.9 Å². The number of aromatic nitrogens is 1. The van der Waals surface area contributed by atoms with Gasteiger partial charge in [0.2, 0.25) is 41.4 Å². The van der Waals surface area contributed by atoms with Crippen molar-refractivity contribution in [2.75, 3.05) is 34.1 Å². The molecule has 1 unspecified atom stereocenters. The molecule has 1 fully saturated rings. The molecular formula is C62H83N9O13S. The Balaban J connectivity index is 1.49. The van der Waals surface area contributed by atoms with Crippen molar-refractivity contribution >= 4 is 69.7 Å². The Morgan fingerprint density at radius 1 is 0.788 bits per heavy atom. The number of rotatable bonds is 18. The number of amides is 7. The van der Waals surface area contributed by atoms with Gasteiger partial charge >= 0.3 is 5.69 Å². The maximum absolute atomic E-state index is 15.6. The van der Waals surface area contributed by atoms with Crippen LogP contribution in [0.15, 0.2) is 95.7 Å². The third-order valence-electron chi connectivity index (χ3n) is 15.7. The summed E-state index contributed by atoms with van der Waals surface area (Å²) in [6.45, 7) is 16.1. The molecule has 2 bridgehead atoms. The number of hydrogen-bond donors (Lipinski definition) is 6. The topological polar surface area (TPSA) is 284 Å². The Labute approximate surface area is 501 Å². The first-order valence-corrected chi connectivity index (χ1v) is 29.5. The summed E-state index contributed by atoms with van der Waals surface area (Å²) in [4.78, 5) is 120. The maximum atomic E-state index is 15.6. The van der Waals surface area contributed by atoms with Gasteiger partial charge in [-0.15, -0.1) is 11.8 Å². The van der Waals surface area contributed by atoms with E-state index in [2.05, 4.69) is 21.3 Å². The summed E-state index contributed by atoms with van der Waals surface area (Å²) in [5.74, 6) is -4.70. The van der Waals surface area contributed by atoms with E-state index in [-0.39, 0.29) is 61.7 Å². The predicted molar refractivity (Wildman–Crippen MR) is 324 cm³/mol. The molecule has 22 nitrogen and oxygen atoms in total. The fraction of sp³-hybridized carbons (Fsp3) is 0.500. The highest BCUT2D eigenvalue weighted by molar-refractivity contribution is 7.99. The molecule has 0 radical (unpaired) electrons. The SMILES string of the molecule is C/C=C/C[C@@H]1NC(=O)[C@H](CC(C)C)N2C=C(C)C[C@@H](C2=O)N(C)C(=O)[C@H](C)NC(=O)[C@H](Cc2ccc(O)c([N+](=O)[O-])c2)NC(=O)[C@H](CC(C)C)N(C)C(=O)[C@H](Cc2cn(C(C)(C)C(O)CSc3cc(OC)ccc3OC)c3ccccc23)NC1=O. The number of fused-ring (bicyclic) bond motifs is 3. The number of methoxy groups -OCH3 is 2. The van der Waals surface area contributed by atoms with Crippen LogP contribution in [-0.4, -0.2) is 158 Å². The number of aromatic hydroxyl groups is 1. The van der Waals surface area contributed by atoms with Gasteiger partial charge in [-0.2, -0.15) is 0 Å². The smallest absolute Gasteiger partial charge is 0.310 e. The molecule has 460 valence electrons. The van der Waals surface area contributed by atoms with Crippen molar-refractivity contribution < 1.29 is 58.2 Å². The fourth-order valence-corrected chi connectivity index (χ4v) is 12.0. The average molecular weight is 1190 g/mol. The van der Waals surface area contributed by atoms with E-state index in [4.69, 9.17) is 9.47 Å². The Bertz CT molecular complexity index is 3190. The zero-order valence-corrected chi connectivity index (χ0v) is 51.7.